The molecule has 0 saturated heterocycles. The van der Waals surface area contributed by atoms with Crippen LogP contribution in [0, 0.1) is 5.92 Å². The van der Waals surface area contributed by atoms with Gasteiger partial charge < -0.3 is 9.15 Å². The van der Waals surface area contributed by atoms with Crippen LogP contribution < -0.4 is 4.74 Å². The number of fused-ring (bicyclic) bond motifs is 4. The number of carbonyl (C=O) groups is 1. The third-order valence-corrected chi connectivity index (χ3v) is 5.06. The summed E-state index contributed by atoms with van der Waals surface area (Å²) < 4.78 is 10.7. The minimum atomic E-state index is 0.0578. The Labute approximate surface area is 149 Å². The molecule has 2 heterocycles. The first kappa shape index (κ1) is 15.6. The van der Waals surface area contributed by atoms with Crippen molar-refractivity contribution in [3.05, 3.63) is 64.3 Å². The van der Waals surface area contributed by atoms with Gasteiger partial charge in [0.15, 0.2) is 5.58 Å². The normalized spacial score (nSPS) is 22.9. The summed E-state index contributed by atoms with van der Waals surface area (Å²) in [6, 6.07) is 13.3. The molecule has 0 N–H and O–H groups in total. The van der Waals surface area contributed by atoms with Crippen LogP contribution in [0.2, 0.25) is 10.0 Å². The number of halogens is 2. The summed E-state index contributed by atoms with van der Waals surface area (Å²) in [5, 5.41) is 2.37. The van der Waals surface area contributed by atoms with Gasteiger partial charge in [0.25, 0.3) is 0 Å². The van der Waals surface area contributed by atoms with E-state index in [0.29, 0.717) is 10.0 Å². The van der Waals surface area contributed by atoms with Crippen LogP contribution in [-0.2, 0) is 4.79 Å². The predicted octanol–water partition coefficient (Wildman–Crippen LogP) is 5.49. The molecule has 3 nitrogen and oxygen atoms in total. The molecule has 24 heavy (non-hydrogen) atoms. The Morgan fingerprint density at radius 2 is 1.79 bits per heavy atom. The lowest BCUT2D eigenvalue weighted by Crippen LogP contribution is -2.06. The minimum absolute atomic E-state index is 0.0578. The standard InChI is InChI=1S/C11H9ClO2.C8H5ClO/c1-5(13)8-9-6-3-2-4-7(12)10(6)14-11(8)9;9-7-3-1-2-6-4-5-10-8(6)7/h2-4,8-9,11H,1H3;1-5H/t8-,9-,11+;/m1./s1. The van der Waals surface area contributed by atoms with Gasteiger partial charge >= 0.3 is 0 Å². The molecule has 0 amide bonds. The van der Waals surface area contributed by atoms with Crippen molar-refractivity contribution in [2.45, 2.75) is 18.9 Å². The number of Topliss-reactive ketones (excluding diaryl/α,β-unsaturated/α-hetero) is 1. The summed E-state index contributed by atoms with van der Waals surface area (Å²) in [6.07, 6.45) is 1.69. The van der Waals surface area contributed by atoms with Gasteiger partial charge in [0.05, 0.1) is 22.2 Å². The van der Waals surface area contributed by atoms with Gasteiger partial charge in [-0.15, -0.1) is 0 Å². The summed E-state index contributed by atoms with van der Waals surface area (Å²) in [5.41, 5.74) is 1.87. The molecule has 1 aliphatic carbocycles. The molecule has 1 aromatic heterocycles. The van der Waals surface area contributed by atoms with E-state index in [1.54, 1.807) is 13.2 Å². The van der Waals surface area contributed by atoms with E-state index < -0.39 is 0 Å². The number of hydrogen-bond donors (Lipinski definition) is 0. The van der Waals surface area contributed by atoms with Crippen molar-refractivity contribution < 1.29 is 13.9 Å². The van der Waals surface area contributed by atoms with Gasteiger partial charge in [-0.05, 0) is 25.1 Å². The zero-order valence-electron chi connectivity index (χ0n) is 12.8. The fourth-order valence-electron chi connectivity index (χ4n) is 3.29. The average Bonchev–Trinajstić information content (AvgIpc) is 2.91. The smallest absolute Gasteiger partial charge is 0.152 e. The summed E-state index contributed by atoms with van der Waals surface area (Å²) >= 11 is 11.8. The molecule has 1 fully saturated rings. The van der Waals surface area contributed by atoms with E-state index in [0.717, 1.165) is 22.3 Å². The second-order valence-electron chi connectivity index (χ2n) is 5.98. The summed E-state index contributed by atoms with van der Waals surface area (Å²) in [6.45, 7) is 1.62. The lowest BCUT2D eigenvalue weighted by atomic mass is 10.1. The van der Waals surface area contributed by atoms with Crippen molar-refractivity contribution in [3.63, 3.8) is 0 Å². The number of benzene rings is 2. The highest BCUT2D eigenvalue weighted by atomic mass is 35.5. The third-order valence-electron chi connectivity index (χ3n) is 4.46. The van der Waals surface area contributed by atoms with Gasteiger partial charge in [-0.3, -0.25) is 4.79 Å². The highest BCUT2D eigenvalue weighted by Crippen LogP contribution is 2.59. The van der Waals surface area contributed by atoms with E-state index in [9.17, 15) is 4.79 Å². The Bertz CT molecular complexity index is 931. The van der Waals surface area contributed by atoms with Crippen molar-refractivity contribution in [3.8, 4) is 5.75 Å². The first-order valence-corrected chi connectivity index (χ1v) is 8.41. The molecule has 2 aromatic carbocycles. The monoisotopic (exact) mass is 360 g/mol. The lowest BCUT2D eigenvalue weighted by molar-refractivity contribution is -0.118. The van der Waals surface area contributed by atoms with Gasteiger partial charge in [-0.1, -0.05) is 47.5 Å². The maximum Gasteiger partial charge on any atom is 0.152 e. The summed E-state index contributed by atoms with van der Waals surface area (Å²) in [4.78, 5) is 11.2. The number of rotatable bonds is 1. The van der Waals surface area contributed by atoms with Crippen molar-refractivity contribution in [2.75, 3.05) is 0 Å². The average molecular weight is 361 g/mol. The second-order valence-corrected chi connectivity index (χ2v) is 6.80. The molecule has 3 aromatic rings. The van der Waals surface area contributed by atoms with E-state index in [2.05, 4.69) is 0 Å². The zero-order valence-corrected chi connectivity index (χ0v) is 14.3. The van der Waals surface area contributed by atoms with Crippen molar-refractivity contribution >= 4 is 40.0 Å². The SMILES string of the molecule is CC(=O)[C@H]1[C@@H]2Oc3c(Cl)cccc3[C@@H]21.Clc1cccc2ccoc12. The third kappa shape index (κ3) is 2.48. The van der Waals surface area contributed by atoms with Crippen molar-refractivity contribution in [1.29, 1.82) is 0 Å². The molecule has 5 rings (SSSR count). The Hall–Kier alpha value is -1.97. The molecule has 0 spiro atoms. The first-order valence-electron chi connectivity index (χ1n) is 7.65. The first-order chi connectivity index (χ1) is 11.6. The van der Waals surface area contributed by atoms with E-state index in [1.165, 1.54) is 0 Å². The Balaban J connectivity index is 0.000000129. The maximum absolute atomic E-state index is 11.2. The number of hydrogen-bond acceptors (Lipinski definition) is 3. The number of ketones is 1. The molecule has 1 aliphatic heterocycles. The van der Waals surface area contributed by atoms with Crippen LogP contribution in [0.15, 0.2) is 53.1 Å². The van der Waals surface area contributed by atoms with E-state index in [1.807, 2.05) is 42.5 Å². The highest BCUT2D eigenvalue weighted by molar-refractivity contribution is 6.34. The van der Waals surface area contributed by atoms with Gasteiger partial charge in [-0.25, -0.2) is 0 Å². The predicted molar refractivity (Wildman–Crippen MR) is 94.0 cm³/mol. The molecule has 5 heteroatoms. The highest BCUT2D eigenvalue weighted by Gasteiger charge is 2.61. The van der Waals surface area contributed by atoms with Gasteiger partial charge in [0, 0.05) is 16.9 Å². The zero-order chi connectivity index (χ0) is 16.8. The van der Waals surface area contributed by atoms with Crippen LogP contribution in [0.4, 0.5) is 0 Å². The fourth-order valence-corrected chi connectivity index (χ4v) is 3.74. The van der Waals surface area contributed by atoms with E-state index in [4.69, 9.17) is 32.4 Å². The molecular formula is C19H14Cl2O3. The van der Waals surface area contributed by atoms with Crippen LogP contribution >= 0.6 is 23.2 Å². The lowest BCUT2D eigenvalue weighted by Gasteiger charge is -2.07. The van der Waals surface area contributed by atoms with Crippen molar-refractivity contribution in [2.24, 2.45) is 5.92 Å². The van der Waals surface area contributed by atoms with Crippen LogP contribution in [0.25, 0.3) is 11.0 Å². The number of furan rings is 1. The quantitative estimate of drug-likeness (QED) is 0.575. The molecule has 0 unspecified atom stereocenters. The Morgan fingerprint density at radius 3 is 2.54 bits per heavy atom. The molecule has 3 atom stereocenters. The van der Waals surface area contributed by atoms with Gasteiger partial charge in [0.2, 0.25) is 0 Å². The topological polar surface area (TPSA) is 39.4 Å². The van der Waals surface area contributed by atoms with Crippen LogP contribution in [0.1, 0.15) is 18.4 Å². The Morgan fingerprint density at radius 1 is 1.04 bits per heavy atom. The van der Waals surface area contributed by atoms with Crippen LogP contribution in [0.5, 0.6) is 5.75 Å². The largest absolute Gasteiger partial charge is 0.487 e. The number of ether oxygens (including phenoxy) is 1. The van der Waals surface area contributed by atoms with Gasteiger partial charge in [-0.2, -0.15) is 0 Å². The number of para-hydroxylation sites is 2. The molecule has 1 saturated carbocycles. The van der Waals surface area contributed by atoms with E-state index in [-0.39, 0.29) is 23.7 Å². The maximum atomic E-state index is 11.2. The van der Waals surface area contributed by atoms with Gasteiger partial charge in [0.1, 0.15) is 17.6 Å². The van der Waals surface area contributed by atoms with Crippen LogP contribution in [-0.4, -0.2) is 11.9 Å². The minimum Gasteiger partial charge on any atom is -0.487 e. The van der Waals surface area contributed by atoms with Crippen molar-refractivity contribution in [1.82, 2.24) is 0 Å². The Kier molecular flexibility index (Phi) is 3.78. The molecule has 2 aliphatic rings. The second kappa shape index (κ2) is 5.83. The summed E-state index contributed by atoms with van der Waals surface area (Å²) in [5.74, 6) is 1.33. The summed E-state index contributed by atoms with van der Waals surface area (Å²) in [7, 11) is 0. The molecular weight excluding hydrogens is 347 g/mol. The van der Waals surface area contributed by atoms with E-state index >= 15 is 0 Å². The molecule has 0 bridgehead atoms. The molecule has 122 valence electrons. The van der Waals surface area contributed by atoms with Crippen LogP contribution in [0.3, 0.4) is 0 Å². The molecule has 0 radical (unpaired) electrons. The fraction of sp³-hybridized carbons (Fsp3) is 0.211. The number of carbonyl (C=O) groups excluding carboxylic acids is 1.